The molecule has 0 unspecified atom stereocenters. The monoisotopic (exact) mass is 620 g/mol. The summed E-state index contributed by atoms with van der Waals surface area (Å²) in [4.78, 5) is 57.0. The van der Waals surface area contributed by atoms with Crippen molar-refractivity contribution in [2.45, 2.75) is 36.6 Å². The first-order valence-electron chi connectivity index (χ1n) is 13.3. The fourth-order valence-electron chi connectivity index (χ4n) is 5.42. The number of benzene rings is 3. The van der Waals surface area contributed by atoms with Gasteiger partial charge in [0.05, 0.1) is 28.8 Å². The van der Waals surface area contributed by atoms with Crippen molar-refractivity contribution in [1.82, 2.24) is 4.98 Å². The van der Waals surface area contributed by atoms with Crippen LogP contribution in [0.3, 0.4) is 0 Å². The third-order valence-electron chi connectivity index (χ3n) is 7.24. The van der Waals surface area contributed by atoms with Crippen molar-refractivity contribution in [1.29, 1.82) is 0 Å². The number of nitrogens with one attached hydrogen (secondary N) is 1. The average molecular weight is 621 g/mol. The van der Waals surface area contributed by atoms with E-state index < -0.39 is 34.9 Å². The molecule has 3 heterocycles. The lowest BCUT2D eigenvalue weighted by atomic mass is 9.82. The molecule has 2 amide bonds. The van der Waals surface area contributed by atoms with Crippen molar-refractivity contribution < 1.29 is 23.9 Å². The predicted octanol–water partition coefficient (Wildman–Crippen LogP) is 5.95. The molecule has 4 aromatic rings. The zero-order valence-corrected chi connectivity index (χ0v) is 25.0. The number of anilines is 1. The number of carbonyl (C=O) groups excluding carboxylic acids is 3. The molecule has 0 aliphatic carbocycles. The molecule has 6 rings (SSSR count). The molecule has 42 heavy (non-hydrogen) atoms. The van der Waals surface area contributed by atoms with Crippen molar-refractivity contribution in [2.24, 2.45) is 5.92 Å². The minimum Gasteiger partial charge on any atom is -0.489 e. The van der Waals surface area contributed by atoms with E-state index in [1.807, 2.05) is 31.2 Å². The lowest BCUT2D eigenvalue weighted by Crippen LogP contribution is -2.32. The van der Waals surface area contributed by atoms with Crippen LogP contribution in [0.2, 0.25) is 5.02 Å². The molecule has 3 atom stereocenters. The topological polar surface area (TPSA) is 106 Å². The Hall–Kier alpha value is -3.86. The number of hydrogen-bond acceptors (Lipinski definition) is 8. The van der Waals surface area contributed by atoms with Gasteiger partial charge in [0.15, 0.2) is 0 Å². The molecule has 1 aromatic heterocycles. The molecular weight excluding hydrogens is 596 g/mol. The molecule has 2 aliphatic heterocycles. The molecule has 3 aromatic carbocycles. The molecule has 0 spiro atoms. The number of halogens is 1. The Kier molecular flexibility index (Phi) is 7.69. The molecule has 0 bridgehead atoms. The summed E-state index contributed by atoms with van der Waals surface area (Å²) in [6.45, 7) is 4.24. The van der Waals surface area contributed by atoms with Gasteiger partial charge in [-0.15, -0.1) is 0 Å². The number of ether oxygens (including phenoxy) is 2. The lowest BCUT2D eigenvalue weighted by molar-refractivity contribution is -0.122. The van der Waals surface area contributed by atoms with E-state index in [-0.39, 0.29) is 18.1 Å². The summed E-state index contributed by atoms with van der Waals surface area (Å²) < 4.78 is 11.3. The second-order valence-corrected chi connectivity index (χ2v) is 12.6. The van der Waals surface area contributed by atoms with Gasteiger partial charge in [0.2, 0.25) is 11.8 Å². The van der Waals surface area contributed by atoms with Gasteiger partial charge in [0, 0.05) is 21.4 Å². The summed E-state index contributed by atoms with van der Waals surface area (Å²) in [5.74, 6) is -2.23. The number of rotatable bonds is 7. The van der Waals surface area contributed by atoms with Gasteiger partial charge in [-0.05, 0) is 61.9 Å². The number of fused-ring (bicyclic) bond motifs is 2. The van der Waals surface area contributed by atoms with Crippen LogP contribution in [0.5, 0.6) is 5.75 Å². The largest absolute Gasteiger partial charge is 0.489 e. The van der Waals surface area contributed by atoms with Crippen molar-refractivity contribution in [3.8, 4) is 5.75 Å². The maximum atomic E-state index is 14.1. The van der Waals surface area contributed by atoms with Crippen LogP contribution in [0, 0.1) is 12.8 Å². The van der Waals surface area contributed by atoms with Crippen LogP contribution in [-0.2, 0) is 20.9 Å². The molecule has 8 nitrogen and oxygen atoms in total. The third-order valence-corrected chi connectivity index (χ3v) is 9.88. The summed E-state index contributed by atoms with van der Waals surface area (Å²) in [7, 11) is 0. The predicted molar refractivity (Wildman–Crippen MR) is 162 cm³/mol. The van der Waals surface area contributed by atoms with Crippen molar-refractivity contribution in [3.63, 3.8) is 0 Å². The van der Waals surface area contributed by atoms with Crippen molar-refractivity contribution >= 4 is 58.2 Å². The summed E-state index contributed by atoms with van der Waals surface area (Å²) in [5, 5.41) is 0.213. The van der Waals surface area contributed by atoms with Crippen LogP contribution in [0.15, 0.2) is 76.6 Å². The summed E-state index contributed by atoms with van der Waals surface area (Å²) in [5.41, 5.74) is 3.38. The summed E-state index contributed by atoms with van der Waals surface area (Å²) in [6, 6.07) is 19.4. The van der Waals surface area contributed by atoms with Gasteiger partial charge in [-0.1, -0.05) is 64.5 Å². The highest BCUT2D eigenvalue weighted by Crippen LogP contribution is 2.54. The highest BCUT2D eigenvalue weighted by Gasteiger charge is 2.56. The van der Waals surface area contributed by atoms with Gasteiger partial charge in [-0.25, -0.2) is 9.69 Å². The van der Waals surface area contributed by atoms with E-state index in [9.17, 15) is 19.2 Å². The van der Waals surface area contributed by atoms with Crippen LogP contribution in [-0.4, -0.2) is 34.6 Å². The van der Waals surface area contributed by atoms with Crippen molar-refractivity contribution in [3.05, 3.63) is 109 Å². The van der Waals surface area contributed by atoms with Crippen LogP contribution < -0.4 is 14.5 Å². The fraction of sp³-hybridized carbons (Fsp3) is 0.226. The Bertz CT molecular complexity index is 1770. The zero-order chi connectivity index (χ0) is 29.5. The maximum Gasteiger partial charge on any atom is 0.338 e. The standard InChI is InChI=1S/C31H25ClN2O6S2/c1-3-39-30(37)18-7-10-20(11-8-18)34-28(35)24-23(25-27(33-31(38)42-25)41-26(24)29(34)36)21-14-19(32)9-12-22(21)40-15-17-6-4-5-16(2)13-17/h4-14,23-24,26H,3,15H2,1-2H3,(H,33,38)/t23-,24-,26+/m0/s1. The van der Waals surface area contributed by atoms with Crippen molar-refractivity contribution in [2.75, 3.05) is 11.5 Å². The summed E-state index contributed by atoms with van der Waals surface area (Å²) >= 11 is 8.68. The minimum absolute atomic E-state index is 0.234. The van der Waals surface area contributed by atoms with E-state index in [1.165, 1.54) is 23.9 Å². The number of hydrogen-bond donors (Lipinski definition) is 1. The highest BCUT2D eigenvalue weighted by molar-refractivity contribution is 8.00. The Labute approximate surface area is 254 Å². The zero-order valence-electron chi connectivity index (χ0n) is 22.6. The Morgan fingerprint density at radius 1 is 1.02 bits per heavy atom. The maximum absolute atomic E-state index is 14.1. The van der Waals surface area contributed by atoms with E-state index in [2.05, 4.69) is 4.98 Å². The Balaban J connectivity index is 1.39. The first-order chi connectivity index (χ1) is 20.2. The van der Waals surface area contributed by atoms with E-state index >= 15 is 0 Å². The van der Waals surface area contributed by atoms with Gasteiger partial charge in [-0.2, -0.15) is 0 Å². The normalized spacial score (nSPS) is 19.4. The average Bonchev–Trinajstić information content (AvgIpc) is 3.46. The van der Waals surface area contributed by atoms with E-state index in [0.29, 0.717) is 37.5 Å². The second kappa shape index (κ2) is 11.4. The van der Waals surface area contributed by atoms with Gasteiger partial charge in [0.25, 0.3) is 0 Å². The van der Waals surface area contributed by atoms with Gasteiger partial charge in [-0.3, -0.25) is 14.4 Å². The quantitative estimate of drug-likeness (QED) is 0.201. The van der Waals surface area contributed by atoms with E-state index in [4.69, 9.17) is 21.1 Å². The number of H-pyrrole nitrogens is 1. The molecule has 1 N–H and O–H groups in total. The smallest absolute Gasteiger partial charge is 0.338 e. The van der Waals surface area contributed by atoms with Gasteiger partial charge in [0.1, 0.15) is 17.6 Å². The molecule has 11 heteroatoms. The van der Waals surface area contributed by atoms with E-state index in [1.54, 1.807) is 37.3 Å². The summed E-state index contributed by atoms with van der Waals surface area (Å²) in [6.07, 6.45) is 0. The molecule has 1 fully saturated rings. The molecule has 214 valence electrons. The van der Waals surface area contributed by atoms with Gasteiger partial charge >= 0.3 is 10.8 Å². The first-order valence-corrected chi connectivity index (χ1v) is 15.3. The highest BCUT2D eigenvalue weighted by atomic mass is 35.5. The number of aryl methyl sites for hydroxylation is 1. The minimum atomic E-state index is -0.814. The number of thiazole rings is 1. The number of aromatic nitrogens is 1. The van der Waals surface area contributed by atoms with Gasteiger partial charge < -0.3 is 14.5 Å². The van der Waals surface area contributed by atoms with E-state index in [0.717, 1.165) is 27.4 Å². The van der Waals surface area contributed by atoms with Crippen LogP contribution in [0.4, 0.5) is 5.69 Å². The second-order valence-electron chi connectivity index (χ2n) is 9.99. The Morgan fingerprint density at radius 3 is 2.55 bits per heavy atom. The van der Waals surface area contributed by atoms with Crippen LogP contribution >= 0.6 is 34.7 Å². The number of esters is 1. The third kappa shape index (κ3) is 5.14. The first kappa shape index (κ1) is 28.3. The fourth-order valence-corrected chi connectivity index (χ4v) is 8.11. The Morgan fingerprint density at radius 2 is 1.81 bits per heavy atom. The number of aromatic amines is 1. The molecular formula is C31H25ClN2O6S2. The van der Waals surface area contributed by atoms with Crippen LogP contribution in [0.25, 0.3) is 0 Å². The number of nitrogens with zero attached hydrogens (tertiary/aromatic N) is 1. The molecule has 0 saturated carbocycles. The number of thioether (sulfide) groups is 1. The van der Waals surface area contributed by atoms with Crippen LogP contribution in [0.1, 0.15) is 44.8 Å². The lowest BCUT2D eigenvalue weighted by Gasteiger charge is -2.31. The molecule has 1 saturated heterocycles. The molecule has 2 aliphatic rings. The number of imide groups is 1. The molecule has 0 radical (unpaired) electrons. The SMILES string of the molecule is CCOC(=O)c1ccc(N2C(=O)[C@H]3[C@H](c4cc(Cl)ccc4OCc4cccc(C)c4)c4sc(=O)[nH]c4S[C@H]3C2=O)cc1. The number of amides is 2. The number of carbonyl (C=O) groups is 3.